The highest BCUT2D eigenvalue weighted by molar-refractivity contribution is 8.14. The smallest absolute Gasteiger partial charge is 0.478 e. The number of nitrogens with one attached hydrogen (secondary N) is 2. The van der Waals surface area contributed by atoms with E-state index in [4.69, 9.17) is 24.6 Å². The molecule has 0 radical (unpaired) electrons. The number of nitrogens with two attached hydrogens (primary N) is 1. The van der Waals surface area contributed by atoms with E-state index in [1.807, 2.05) is 0 Å². The molecule has 0 aromatic carbocycles. The van der Waals surface area contributed by atoms with E-state index in [0.717, 1.165) is 41.1 Å². The van der Waals surface area contributed by atoms with Crippen molar-refractivity contribution in [2.45, 2.75) is 50.9 Å². The number of carboxylic acids is 1. The van der Waals surface area contributed by atoms with E-state index in [1.54, 1.807) is 0 Å². The quantitative estimate of drug-likeness (QED) is 0.0289. The second kappa shape index (κ2) is 20.5. The fourth-order valence-electron chi connectivity index (χ4n) is 4.60. The van der Waals surface area contributed by atoms with Crippen molar-refractivity contribution in [2.24, 2.45) is 5.41 Å². The molecule has 318 valence electrons. The molecule has 7 unspecified atom stereocenters. The summed E-state index contributed by atoms with van der Waals surface area (Å²) < 4.78 is 62.0. The topological polar surface area (TPSA) is 401 Å². The minimum Gasteiger partial charge on any atom is -0.478 e. The van der Waals surface area contributed by atoms with Crippen LogP contribution >= 0.6 is 35.2 Å². The van der Waals surface area contributed by atoms with Crippen LogP contribution in [0.4, 0.5) is 5.82 Å². The molecule has 26 nitrogen and oxygen atoms in total. The summed E-state index contributed by atoms with van der Waals surface area (Å²) in [6.07, 6.45) is -2.69. The van der Waals surface area contributed by atoms with Crippen molar-refractivity contribution < 1.29 is 90.4 Å². The van der Waals surface area contributed by atoms with Gasteiger partial charge < -0.3 is 56.0 Å². The molecule has 1 aliphatic heterocycles. The third-order valence-corrected chi connectivity index (χ3v) is 11.3. The Balaban J connectivity index is 1.47. The number of fused-ring (bicyclic) bond motifs is 1. The number of phosphoric acid groups is 3. The van der Waals surface area contributed by atoms with Crippen LogP contribution in [0, 0.1) is 5.41 Å². The number of hydrogen-bond acceptors (Lipinski definition) is 19. The van der Waals surface area contributed by atoms with Gasteiger partial charge in [0.2, 0.25) is 16.9 Å². The van der Waals surface area contributed by atoms with Crippen molar-refractivity contribution in [1.82, 2.24) is 30.2 Å². The van der Waals surface area contributed by atoms with E-state index in [1.165, 1.54) is 26.0 Å². The predicted molar refractivity (Wildman–Crippen MR) is 193 cm³/mol. The maximum Gasteiger partial charge on any atom is 0.481 e. The molecule has 7 atom stereocenters. The van der Waals surface area contributed by atoms with Crippen molar-refractivity contribution in [3.63, 3.8) is 0 Å². The van der Waals surface area contributed by atoms with Crippen LogP contribution < -0.4 is 16.4 Å². The van der Waals surface area contributed by atoms with Gasteiger partial charge in [-0.3, -0.25) is 32.5 Å². The normalized spacial score (nSPS) is 21.7. The van der Waals surface area contributed by atoms with Crippen molar-refractivity contribution >= 4 is 75.1 Å². The van der Waals surface area contributed by atoms with Gasteiger partial charge in [-0.25, -0.2) is 33.4 Å². The lowest BCUT2D eigenvalue weighted by Gasteiger charge is -2.30. The van der Waals surface area contributed by atoms with Crippen molar-refractivity contribution in [2.75, 3.05) is 37.8 Å². The van der Waals surface area contributed by atoms with Crippen molar-refractivity contribution in [1.29, 1.82) is 0 Å². The highest BCUT2D eigenvalue weighted by Gasteiger charge is 2.50. The third kappa shape index (κ3) is 15.3. The van der Waals surface area contributed by atoms with Crippen LogP contribution in [-0.4, -0.2) is 134 Å². The number of hydrogen-bond donors (Lipinski definition) is 10. The molecular weight excluding hydrogens is 851 g/mol. The fourth-order valence-corrected chi connectivity index (χ4v) is 8.01. The van der Waals surface area contributed by atoms with Gasteiger partial charge in [0.15, 0.2) is 17.7 Å². The van der Waals surface area contributed by atoms with Gasteiger partial charge in [-0.15, -0.1) is 0 Å². The number of allylic oxidation sites excluding steroid dienone is 2. The molecule has 0 saturated carbocycles. The van der Waals surface area contributed by atoms with E-state index in [2.05, 4.69) is 34.4 Å². The number of nitrogens with zero attached hydrogens (tertiary/aromatic N) is 4. The summed E-state index contributed by atoms with van der Waals surface area (Å²) in [7, 11) is -16.4. The standard InChI is InChI=1S/C27H40N7O19P3S/c1-27(2,22(40)25(41)30-8-7-16(35)29-9-10-57-18(38)6-4-3-5-17(36)37)12-50-56(47,48)53-55(45,46)49-11-15-21(52-54(42,43)44)20(39)26(51-15)34-14-33-19-23(28)31-13-32-24(19)34/h3-6,13-15,20-22,26,39-40H,7-12H2,1-2H3,(H,29,35)(H,30,41)(H,36,37)(H,45,46)(H,47,48)(H2,28,31,32)(H2,42,43,44)/b5-3+,6-4+. The van der Waals surface area contributed by atoms with Crippen LogP contribution in [0.5, 0.6) is 0 Å². The highest BCUT2D eigenvalue weighted by atomic mass is 32.2. The van der Waals surface area contributed by atoms with Crippen LogP contribution in [-0.2, 0) is 55.5 Å². The van der Waals surface area contributed by atoms with Gasteiger partial charge in [-0.1, -0.05) is 37.8 Å². The van der Waals surface area contributed by atoms with Gasteiger partial charge >= 0.3 is 29.4 Å². The number of aliphatic carboxylic acids is 1. The number of carboxylic acid groups (broad SMARTS) is 1. The number of imidazole rings is 1. The summed E-state index contributed by atoms with van der Waals surface area (Å²) in [4.78, 5) is 97.5. The minimum atomic E-state index is -5.59. The van der Waals surface area contributed by atoms with E-state index in [-0.39, 0.29) is 47.4 Å². The Morgan fingerprint density at radius 1 is 1.04 bits per heavy atom. The number of aliphatic hydroxyl groups is 2. The first kappa shape index (κ1) is 47.9. The largest absolute Gasteiger partial charge is 0.481 e. The Morgan fingerprint density at radius 2 is 1.70 bits per heavy atom. The first-order chi connectivity index (χ1) is 26.4. The number of amides is 2. The number of ether oxygens (including phenoxy) is 1. The molecular formula is C27H40N7O19P3S. The number of anilines is 1. The Kier molecular flexibility index (Phi) is 17.2. The molecule has 2 amide bonds. The van der Waals surface area contributed by atoms with Crippen LogP contribution in [0.3, 0.4) is 0 Å². The Bertz CT molecular complexity index is 1980. The van der Waals surface area contributed by atoms with E-state index in [9.17, 15) is 62.7 Å². The lowest BCUT2D eigenvalue weighted by molar-refractivity contribution is -0.137. The van der Waals surface area contributed by atoms with Crippen LogP contribution in [0.15, 0.2) is 37.0 Å². The molecule has 30 heteroatoms. The highest BCUT2D eigenvalue weighted by Crippen LogP contribution is 2.61. The molecule has 0 aliphatic carbocycles. The van der Waals surface area contributed by atoms with Gasteiger partial charge in [0.05, 0.1) is 19.5 Å². The fraction of sp³-hybridized carbons (Fsp3) is 0.519. The van der Waals surface area contributed by atoms with Gasteiger partial charge in [-0.05, 0) is 6.08 Å². The molecule has 2 aromatic heterocycles. The van der Waals surface area contributed by atoms with E-state index >= 15 is 0 Å². The average molecular weight is 892 g/mol. The number of thioether (sulfide) groups is 1. The van der Waals surface area contributed by atoms with Gasteiger partial charge in [0.25, 0.3) is 0 Å². The number of carbonyl (C=O) groups is 4. The summed E-state index contributed by atoms with van der Waals surface area (Å²) in [6.45, 7) is 0.218. The maximum atomic E-state index is 12.7. The zero-order valence-corrected chi connectivity index (χ0v) is 33.2. The minimum absolute atomic E-state index is 0.0189. The molecule has 0 spiro atoms. The number of nitrogen functional groups attached to an aromatic ring is 1. The van der Waals surface area contributed by atoms with E-state index in [0.29, 0.717) is 0 Å². The Morgan fingerprint density at radius 3 is 2.37 bits per heavy atom. The van der Waals surface area contributed by atoms with Crippen molar-refractivity contribution in [3.8, 4) is 0 Å². The molecule has 3 heterocycles. The molecule has 2 aromatic rings. The molecule has 57 heavy (non-hydrogen) atoms. The molecule has 1 saturated heterocycles. The summed E-state index contributed by atoms with van der Waals surface area (Å²) in [5, 5.41) is 34.3. The number of rotatable bonds is 22. The number of aromatic nitrogens is 4. The maximum absolute atomic E-state index is 12.7. The van der Waals surface area contributed by atoms with Gasteiger partial charge in [0.1, 0.15) is 36.3 Å². The number of carbonyl (C=O) groups excluding carboxylic acids is 3. The summed E-state index contributed by atoms with van der Waals surface area (Å²) in [6, 6.07) is 0. The first-order valence-electron chi connectivity index (χ1n) is 16.0. The summed E-state index contributed by atoms with van der Waals surface area (Å²) in [5.74, 6) is -2.56. The zero-order valence-electron chi connectivity index (χ0n) is 29.7. The molecule has 1 aliphatic rings. The molecule has 1 fully saturated rings. The monoisotopic (exact) mass is 891 g/mol. The SMILES string of the molecule is CC(C)(COP(=O)(O)OP(=O)(O)OCC1OC(n2cnc3c(N)ncnc32)C(O)C1OP(=O)(O)O)C(O)C(=O)NCCC(=O)NCCSC(=O)/C=C/C=C/C(=O)O. The second-order valence-corrected chi connectivity index (χ2v) is 17.6. The number of aliphatic hydroxyl groups excluding tert-OH is 2. The van der Waals surface area contributed by atoms with Gasteiger partial charge in [0, 0.05) is 36.8 Å². The summed E-state index contributed by atoms with van der Waals surface area (Å²) in [5.41, 5.74) is 4.20. The van der Waals surface area contributed by atoms with E-state index < -0.39 is 90.5 Å². The van der Waals surface area contributed by atoms with Gasteiger partial charge in [-0.2, -0.15) is 4.31 Å². The zero-order chi connectivity index (χ0) is 42.8. The molecule has 3 rings (SSSR count). The third-order valence-electron chi connectivity index (χ3n) is 7.33. The predicted octanol–water partition coefficient (Wildman–Crippen LogP) is -1.14. The summed E-state index contributed by atoms with van der Waals surface area (Å²) >= 11 is 0.861. The molecule has 11 N–H and O–H groups in total. The van der Waals surface area contributed by atoms with Crippen LogP contribution in [0.1, 0.15) is 26.5 Å². The Hall–Kier alpha value is -3.49. The first-order valence-corrected chi connectivity index (χ1v) is 21.6. The average Bonchev–Trinajstić information content (AvgIpc) is 3.66. The number of phosphoric ester groups is 3. The lowest BCUT2D eigenvalue weighted by atomic mass is 9.87. The lowest BCUT2D eigenvalue weighted by Crippen LogP contribution is -2.46. The Labute approximate surface area is 326 Å². The van der Waals surface area contributed by atoms with Crippen molar-refractivity contribution in [3.05, 3.63) is 37.0 Å². The van der Waals surface area contributed by atoms with Crippen LogP contribution in [0.25, 0.3) is 11.2 Å². The second-order valence-electron chi connectivity index (χ2n) is 12.3. The molecule has 0 bridgehead atoms. The van der Waals surface area contributed by atoms with Crippen LogP contribution in [0.2, 0.25) is 0 Å².